The van der Waals surface area contributed by atoms with Gasteiger partial charge in [0.15, 0.2) is 12.0 Å². The first-order valence-corrected chi connectivity index (χ1v) is 8.77. The summed E-state index contributed by atoms with van der Waals surface area (Å²) in [6.45, 7) is 1.27. The molecule has 0 saturated heterocycles. The van der Waals surface area contributed by atoms with Crippen LogP contribution in [0.2, 0.25) is 0 Å². The molecule has 1 atom stereocenters. The highest BCUT2D eigenvalue weighted by molar-refractivity contribution is 9.11. The van der Waals surface area contributed by atoms with Gasteiger partial charge in [-0.25, -0.2) is 4.39 Å². The maximum Gasteiger partial charge on any atom is 0.197 e. The number of hydrogen-bond donors (Lipinski definition) is 1. The fourth-order valence-electron chi connectivity index (χ4n) is 2.65. The molecule has 3 nitrogen and oxygen atoms in total. The summed E-state index contributed by atoms with van der Waals surface area (Å²) in [5, 5.41) is 10.1. The van der Waals surface area contributed by atoms with Gasteiger partial charge in [-0.15, -0.1) is 0 Å². The standard InChI is InChI=1S/C17H9B2Br2FO3/c1-6(22)17-14(13-9(19)4-8(18)5-12(13)25-17)15(23)7-2-10(20)16(24)11(21)3-7/h2-6,24H,1H3. The van der Waals surface area contributed by atoms with Crippen molar-refractivity contribution in [3.8, 4) is 5.75 Å². The summed E-state index contributed by atoms with van der Waals surface area (Å²) in [6.07, 6.45) is -1.52. The molecule has 122 valence electrons. The van der Waals surface area contributed by atoms with E-state index in [0.717, 1.165) is 0 Å². The minimum Gasteiger partial charge on any atom is -0.506 e. The number of rotatable bonds is 3. The number of ketones is 1. The van der Waals surface area contributed by atoms with Crippen molar-refractivity contribution >= 4 is 75.2 Å². The molecule has 0 aliphatic rings. The van der Waals surface area contributed by atoms with Crippen LogP contribution < -0.4 is 10.9 Å². The van der Waals surface area contributed by atoms with Crippen molar-refractivity contribution in [1.29, 1.82) is 0 Å². The number of phenols is 1. The minimum atomic E-state index is -1.52. The van der Waals surface area contributed by atoms with Gasteiger partial charge in [0.1, 0.15) is 32.8 Å². The lowest BCUT2D eigenvalue weighted by Crippen LogP contribution is -2.16. The van der Waals surface area contributed by atoms with Gasteiger partial charge in [-0.3, -0.25) is 4.79 Å². The van der Waals surface area contributed by atoms with Crippen LogP contribution in [0.5, 0.6) is 5.75 Å². The Morgan fingerprint density at radius 1 is 1.20 bits per heavy atom. The zero-order chi connectivity index (χ0) is 18.5. The molecule has 4 radical (unpaired) electrons. The number of hydrogen-bond acceptors (Lipinski definition) is 3. The molecule has 0 spiro atoms. The van der Waals surface area contributed by atoms with E-state index >= 15 is 0 Å². The summed E-state index contributed by atoms with van der Waals surface area (Å²) in [7, 11) is 11.7. The predicted octanol–water partition coefficient (Wildman–Crippen LogP) is 3.51. The van der Waals surface area contributed by atoms with Crippen LogP contribution in [0, 0.1) is 0 Å². The largest absolute Gasteiger partial charge is 0.506 e. The van der Waals surface area contributed by atoms with E-state index in [9.17, 15) is 14.3 Å². The highest BCUT2D eigenvalue weighted by Crippen LogP contribution is 2.36. The van der Waals surface area contributed by atoms with E-state index < -0.39 is 12.0 Å². The molecule has 3 rings (SSSR count). The Bertz CT molecular complexity index is 992. The van der Waals surface area contributed by atoms with Gasteiger partial charge in [-0.2, -0.15) is 0 Å². The van der Waals surface area contributed by atoms with Gasteiger partial charge in [0.05, 0.1) is 14.5 Å². The summed E-state index contributed by atoms with van der Waals surface area (Å²) in [4.78, 5) is 13.1. The van der Waals surface area contributed by atoms with Crippen LogP contribution in [0.3, 0.4) is 0 Å². The maximum atomic E-state index is 14.1. The Hall–Kier alpha value is -1.53. The van der Waals surface area contributed by atoms with Crippen molar-refractivity contribution in [2.45, 2.75) is 13.1 Å². The molecule has 2 aromatic carbocycles. The summed E-state index contributed by atoms with van der Waals surface area (Å²) in [6, 6.07) is 5.88. The van der Waals surface area contributed by atoms with Gasteiger partial charge >= 0.3 is 0 Å². The van der Waals surface area contributed by atoms with E-state index in [0.29, 0.717) is 19.8 Å². The monoisotopic (exact) mass is 460 g/mol. The van der Waals surface area contributed by atoms with Crippen LogP contribution >= 0.6 is 31.9 Å². The molecule has 1 aromatic heterocycles. The number of aromatic hydroxyl groups is 1. The van der Waals surface area contributed by atoms with Crippen LogP contribution in [0.25, 0.3) is 11.0 Å². The molecule has 1 heterocycles. The van der Waals surface area contributed by atoms with Gasteiger partial charge in [0, 0.05) is 10.9 Å². The molecule has 1 N–H and O–H groups in total. The number of furan rings is 1. The van der Waals surface area contributed by atoms with E-state index in [2.05, 4.69) is 31.9 Å². The van der Waals surface area contributed by atoms with Crippen molar-refractivity contribution in [2.24, 2.45) is 0 Å². The number of benzene rings is 2. The van der Waals surface area contributed by atoms with Gasteiger partial charge < -0.3 is 9.52 Å². The molecule has 0 aliphatic heterocycles. The lowest BCUT2D eigenvalue weighted by Gasteiger charge is -2.08. The summed E-state index contributed by atoms with van der Waals surface area (Å²) < 4.78 is 20.3. The maximum absolute atomic E-state index is 14.1. The van der Waals surface area contributed by atoms with Crippen molar-refractivity contribution in [2.75, 3.05) is 0 Å². The Balaban J connectivity index is 2.30. The zero-order valence-electron chi connectivity index (χ0n) is 12.9. The topological polar surface area (TPSA) is 50.4 Å². The lowest BCUT2D eigenvalue weighted by atomic mass is 9.83. The van der Waals surface area contributed by atoms with E-state index in [1.165, 1.54) is 31.2 Å². The third-order valence-corrected chi connectivity index (χ3v) is 4.95. The van der Waals surface area contributed by atoms with E-state index in [1.54, 1.807) is 0 Å². The molecule has 25 heavy (non-hydrogen) atoms. The lowest BCUT2D eigenvalue weighted by molar-refractivity contribution is 0.103. The molecular formula is C17H9B2Br2FO3. The van der Waals surface area contributed by atoms with Gasteiger partial charge in [-0.1, -0.05) is 17.0 Å². The van der Waals surface area contributed by atoms with Crippen LogP contribution in [-0.2, 0) is 0 Å². The Morgan fingerprint density at radius 3 is 2.36 bits per heavy atom. The van der Waals surface area contributed by atoms with E-state index in [1.807, 2.05) is 0 Å². The van der Waals surface area contributed by atoms with Crippen LogP contribution in [-0.4, -0.2) is 26.6 Å². The Labute approximate surface area is 162 Å². The SMILES string of the molecule is [B]c1cc([B])c2c(C(=O)c3cc(Br)c(O)c(Br)c3)c(C(C)F)oc2c1. The number of fused-ring (bicyclic) bond motifs is 1. The number of alkyl halides is 1. The summed E-state index contributed by atoms with van der Waals surface area (Å²) >= 11 is 6.36. The zero-order valence-corrected chi connectivity index (χ0v) is 16.1. The molecule has 0 fully saturated rings. The molecule has 0 saturated carbocycles. The third kappa shape index (κ3) is 3.17. The van der Waals surface area contributed by atoms with E-state index in [-0.39, 0.29) is 33.7 Å². The first kappa shape index (κ1) is 18.3. The van der Waals surface area contributed by atoms with E-state index in [4.69, 9.17) is 20.1 Å². The summed E-state index contributed by atoms with van der Waals surface area (Å²) in [5.74, 6) is -0.631. The highest BCUT2D eigenvalue weighted by Gasteiger charge is 2.27. The molecule has 0 bridgehead atoms. The molecule has 0 aliphatic carbocycles. The van der Waals surface area contributed by atoms with Gasteiger partial charge in [0.2, 0.25) is 0 Å². The Kier molecular flexibility index (Phi) is 4.86. The van der Waals surface area contributed by atoms with Crippen LogP contribution in [0.15, 0.2) is 37.6 Å². The van der Waals surface area contributed by atoms with Gasteiger partial charge in [-0.05, 0) is 57.0 Å². The van der Waals surface area contributed by atoms with Crippen LogP contribution in [0.1, 0.15) is 34.8 Å². The second-order valence-corrected chi connectivity index (χ2v) is 7.27. The normalized spacial score (nSPS) is 12.5. The average molecular weight is 462 g/mol. The molecule has 0 amide bonds. The summed E-state index contributed by atoms with van der Waals surface area (Å²) in [5.41, 5.74) is 1.11. The third-order valence-electron chi connectivity index (χ3n) is 3.74. The van der Waals surface area contributed by atoms with Crippen molar-refractivity contribution in [3.63, 3.8) is 0 Å². The fourth-order valence-corrected chi connectivity index (χ4v) is 3.83. The Morgan fingerprint density at radius 2 is 1.80 bits per heavy atom. The van der Waals surface area contributed by atoms with Crippen LogP contribution in [0.4, 0.5) is 4.39 Å². The smallest absolute Gasteiger partial charge is 0.197 e. The average Bonchev–Trinajstić information content (AvgIpc) is 2.91. The predicted molar refractivity (Wildman–Crippen MR) is 103 cm³/mol. The van der Waals surface area contributed by atoms with Crippen molar-refractivity contribution in [3.05, 3.63) is 50.1 Å². The molecule has 8 heteroatoms. The number of carbonyl (C=O) groups excluding carboxylic acids is 1. The fraction of sp³-hybridized carbons (Fsp3) is 0.118. The second kappa shape index (κ2) is 6.65. The molecule has 1 unspecified atom stereocenters. The van der Waals surface area contributed by atoms with Gasteiger partial charge in [0.25, 0.3) is 0 Å². The molecular weight excluding hydrogens is 453 g/mol. The van der Waals surface area contributed by atoms with Crippen molar-refractivity contribution < 1.29 is 18.7 Å². The highest BCUT2D eigenvalue weighted by atomic mass is 79.9. The van der Waals surface area contributed by atoms with Crippen molar-refractivity contribution in [1.82, 2.24) is 0 Å². The quantitative estimate of drug-likeness (QED) is 0.480. The first-order chi connectivity index (χ1) is 11.7. The minimum absolute atomic E-state index is 0.0417. The number of carbonyl (C=O) groups is 1. The molecule has 3 aromatic rings. The number of phenolic OH excluding ortho intramolecular Hbond substituents is 1. The second-order valence-electron chi connectivity index (χ2n) is 5.56. The first-order valence-electron chi connectivity index (χ1n) is 7.18. The number of halogens is 3.